The first-order valence-corrected chi connectivity index (χ1v) is 14.5. The number of carbonyl (C=O) groups is 2. The number of hydrogen-bond acceptors (Lipinski definition) is 6. The molecule has 6 nitrogen and oxygen atoms in total. The number of nitrogens with one attached hydrogen (secondary N) is 1. The summed E-state index contributed by atoms with van der Waals surface area (Å²) in [5, 5.41) is 2.70. The summed E-state index contributed by atoms with van der Waals surface area (Å²) in [7, 11) is 1.58. The Balaban J connectivity index is 1.34. The zero-order valence-corrected chi connectivity index (χ0v) is 24.7. The highest BCUT2D eigenvalue weighted by Gasteiger charge is 2.52. The van der Waals surface area contributed by atoms with Crippen molar-refractivity contribution in [1.82, 2.24) is 0 Å². The number of hydrogen-bond donors (Lipinski definition) is 1. The molecule has 1 fully saturated rings. The molecule has 1 aliphatic carbocycles. The van der Waals surface area contributed by atoms with E-state index in [4.69, 9.17) is 25.8 Å². The van der Waals surface area contributed by atoms with Crippen LogP contribution in [0.5, 0.6) is 5.75 Å². The lowest BCUT2D eigenvalue weighted by atomic mass is 9.93. The topological polar surface area (TPSA) is 73.9 Å². The van der Waals surface area contributed by atoms with Gasteiger partial charge in [0.05, 0.1) is 34.0 Å². The second kappa shape index (κ2) is 12.1. The highest BCUT2D eigenvalue weighted by atomic mass is 35.5. The Bertz CT molecular complexity index is 1630. The Morgan fingerprint density at radius 2 is 1.71 bits per heavy atom. The summed E-state index contributed by atoms with van der Waals surface area (Å²) in [6.07, 6.45) is -0.0428. The van der Waals surface area contributed by atoms with E-state index in [9.17, 15) is 18.4 Å². The van der Waals surface area contributed by atoms with E-state index in [1.54, 1.807) is 20.1 Å². The third-order valence-corrected chi connectivity index (χ3v) is 8.58. The molecule has 0 bridgehead atoms. The molecule has 0 radical (unpaired) electrons. The van der Waals surface area contributed by atoms with Crippen LogP contribution < -0.4 is 10.1 Å². The lowest BCUT2D eigenvalue weighted by molar-refractivity contribution is -0.146. The molecular formula is C32H28ClF2NO5S. The quantitative estimate of drug-likeness (QED) is 0.191. The van der Waals surface area contributed by atoms with Crippen LogP contribution in [0.25, 0.3) is 21.6 Å². The summed E-state index contributed by atoms with van der Waals surface area (Å²) in [5.41, 5.74) is 3.67. The largest absolute Gasteiger partial charge is 0.496 e. The maximum Gasteiger partial charge on any atom is 0.412 e. The second-order valence-corrected chi connectivity index (χ2v) is 11.6. The zero-order valence-electron chi connectivity index (χ0n) is 23.1. The van der Waals surface area contributed by atoms with Crippen LogP contribution in [0.4, 0.5) is 19.3 Å². The lowest BCUT2D eigenvalue weighted by Crippen LogP contribution is -2.23. The molecular weight excluding hydrogens is 584 g/mol. The Hall–Kier alpha value is -3.95. The third kappa shape index (κ3) is 5.98. The van der Waals surface area contributed by atoms with Gasteiger partial charge in [-0.05, 0) is 73.2 Å². The first kappa shape index (κ1) is 29.5. The van der Waals surface area contributed by atoms with Gasteiger partial charge >= 0.3 is 12.1 Å². The van der Waals surface area contributed by atoms with Crippen molar-refractivity contribution in [3.05, 3.63) is 93.8 Å². The van der Waals surface area contributed by atoms with Crippen molar-refractivity contribution in [1.29, 1.82) is 0 Å². The molecule has 5 rings (SSSR count). The highest BCUT2D eigenvalue weighted by Crippen LogP contribution is 2.50. The number of esters is 1. The van der Waals surface area contributed by atoms with Crippen LogP contribution in [0, 0.1) is 11.6 Å². The SMILES string of the molecule is CCOC(=O)C1(c2ccc(-c3ccc(-c4sc(Cl)cc4NC(=O)OC(C)c4ccc(F)c(F)c4)cc3OC)cc2)CC1. The molecule has 1 amide bonds. The van der Waals surface area contributed by atoms with Crippen molar-refractivity contribution in [2.45, 2.75) is 38.2 Å². The summed E-state index contributed by atoms with van der Waals surface area (Å²) in [4.78, 5) is 25.9. The van der Waals surface area contributed by atoms with E-state index in [0.717, 1.165) is 47.2 Å². The maximum atomic E-state index is 13.6. The number of thiophene rings is 1. The summed E-state index contributed by atoms with van der Waals surface area (Å²) >= 11 is 7.59. The van der Waals surface area contributed by atoms with Gasteiger partial charge in [0, 0.05) is 5.56 Å². The maximum absolute atomic E-state index is 13.6. The predicted octanol–water partition coefficient (Wildman–Crippen LogP) is 8.93. The number of anilines is 1. The van der Waals surface area contributed by atoms with E-state index in [1.807, 2.05) is 49.4 Å². The number of rotatable bonds is 9. The van der Waals surface area contributed by atoms with Crippen LogP contribution in [-0.4, -0.2) is 25.8 Å². The number of halogens is 3. The molecule has 1 aromatic heterocycles. The van der Waals surface area contributed by atoms with Crippen LogP contribution in [0.2, 0.25) is 4.34 Å². The fourth-order valence-corrected chi connectivity index (χ4v) is 6.02. The summed E-state index contributed by atoms with van der Waals surface area (Å²) < 4.78 is 43.7. The molecule has 1 atom stereocenters. The number of carbonyl (C=O) groups excluding carboxylic acids is 2. The molecule has 0 saturated heterocycles. The lowest BCUT2D eigenvalue weighted by Gasteiger charge is -2.16. The molecule has 1 aliphatic rings. The van der Waals surface area contributed by atoms with Crippen molar-refractivity contribution in [3.63, 3.8) is 0 Å². The van der Waals surface area contributed by atoms with E-state index in [0.29, 0.717) is 32.8 Å². The van der Waals surface area contributed by atoms with Crippen molar-refractivity contribution < 1.29 is 32.6 Å². The molecule has 10 heteroatoms. The van der Waals surface area contributed by atoms with Crippen LogP contribution in [-0.2, 0) is 19.7 Å². The molecule has 1 unspecified atom stereocenters. The standard InChI is InChI=1S/C32H28ClF2NO5S/c1-4-40-30(37)32(13-14-32)22-9-5-19(6-10-22)23-11-7-21(16-27(23)39-3)29-26(17-28(33)42-29)36-31(38)41-18(2)20-8-12-24(34)25(35)15-20/h5-12,15-18H,4,13-14H2,1-3H3,(H,36,38). The molecule has 3 aromatic carbocycles. The molecule has 0 spiro atoms. The zero-order chi connectivity index (χ0) is 30.0. The number of methoxy groups -OCH3 is 1. The van der Waals surface area contributed by atoms with E-state index in [2.05, 4.69) is 5.32 Å². The second-order valence-electron chi connectivity index (χ2n) is 9.93. The van der Waals surface area contributed by atoms with Crippen molar-refractivity contribution >= 4 is 40.7 Å². The van der Waals surface area contributed by atoms with Crippen molar-refractivity contribution in [2.75, 3.05) is 19.0 Å². The van der Waals surface area contributed by atoms with Crippen molar-refractivity contribution in [2.24, 2.45) is 0 Å². The van der Waals surface area contributed by atoms with Gasteiger partial charge in [-0.15, -0.1) is 11.3 Å². The van der Waals surface area contributed by atoms with Gasteiger partial charge < -0.3 is 14.2 Å². The Kier molecular flexibility index (Phi) is 8.52. The molecule has 1 N–H and O–H groups in total. The van der Waals surface area contributed by atoms with Gasteiger partial charge in [0.1, 0.15) is 11.9 Å². The van der Waals surface area contributed by atoms with Crippen LogP contribution >= 0.6 is 22.9 Å². The van der Waals surface area contributed by atoms with Gasteiger partial charge in [0.25, 0.3) is 0 Å². The monoisotopic (exact) mass is 611 g/mol. The van der Waals surface area contributed by atoms with Crippen LogP contribution in [0.3, 0.4) is 0 Å². The van der Waals surface area contributed by atoms with Gasteiger partial charge in [0.15, 0.2) is 11.6 Å². The van der Waals surface area contributed by atoms with Gasteiger partial charge in [0.2, 0.25) is 0 Å². The first-order valence-electron chi connectivity index (χ1n) is 13.3. The van der Waals surface area contributed by atoms with Gasteiger partial charge in [-0.3, -0.25) is 10.1 Å². The van der Waals surface area contributed by atoms with E-state index in [1.165, 1.54) is 17.4 Å². The number of benzene rings is 3. The number of amides is 1. The average Bonchev–Trinajstić information content (AvgIpc) is 3.71. The fourth-order valence-electron chi connectivity index (χ4n) is 4.85. The fraction of sp³-hybridized carbons (Fsp3) is 0.250. The van der Waals surface area contributed by atoms with Crippen LogP contribution in [0.15, 0.2) is 66.7 Å². The molecule has 1 saturated carbocycles. The third-order valence-electron chi connectivity index (χ3n) is 7.26. The van der Waals surface area contributed by atoms with Gasteiger partial charge in [-0.1, -0.05) is 54.1 Å². The van der Waals surface area contributed by atoms with E-state index < -0.39 is 29.2 Å². The summed E-state index contributed by atoms with van der Waals surface area (Å²) in [5.74, 6) is -1.57. The Morgan fingerprint density at radius 3 is 2.36 bits per heavy atom. The van der Waals surface area contributed by atoms with E-state index >= 15 is 0 Å². The predicted molar refractivity (Wildman–Crippen MR) is 159 cm³/mol. The minimum absolute atomic E-state index is 0.179. The summed E-state index contributed by atoms with van der Waals surface area (Å²) in [6, 6.07) is 18.5. The Labute approximate surface area is 251 Å². The van der Waals surface area contributed by atoms with Crippen LogP contribution in [0.1, 0.15) is 43.9 Å². The molecule has 4 aromatic rings. The minimum atomic E-state index is -1.02. The smallest absolute Gasteiger partial charge is 0.412 e. The number of ether oxygens (including phenoxy) is 3. The minimum Gasteiger partial charge on any atom is -0.496 e. The average molecular weight is 612 g/mol. The van der Waals surface area contributed by atoms with E-state index in [-0.39, 0.29) is 5.97 Å². The molecule has 218 valence electrons. The molecule has 1 heterocycles. The summed E-state index contributed by atoms with van der Waals surface area (Å²) in [6.45, 7) is 3.72. The van der Waals surface area contributed by atoms with Crippen molar-refractivity contribution in [3.8, 4) is 27.3 Å². The molecule has 0 aliphatic heterocycles. The molecule has 42 heavy (non-hydrogen) atoms. The first-order chi connectivity index (χ1) is 20.1. The normalized spacial score (nSPS) is 14.1. The Morgan fingerprint density at radius 1 is 1.00 bits per heavy atom. The highest BCUT2D eigenvalue weighted by molar-refractivity contribution is 7.20. The van der Waals surface area contributed by atoms with Gasteiger partial charge in [-0.2, -0.15) is 0 Å². The van der Waals surface area contributed by atoms with Gasteiger partial charge in [-0.25, -0.2) is 13.6 Å².